The molecule has 122 valence electrons. The minimum Gasteiger partial charge on any atom is -0.495 e. The average molecular weight is 310 g/mol. The lowest BCUT2D eigenvalue weighted by atomic mass is 10.2. The predicted octanol–water partition coefficient (Wildman–Crippen LogP) is 2.93. The van der Waals surface area contributed by atoms with Gasteiger partial charge in [0.05, 0.1) is 12.8 Å². The molecule has 0 fully saturated rings. The van der Waals surface area contributed by atoms with Crippen molar-refractivity contribution in [1.82, 2.24) is 0 Å². The van der Waals surface area contributed by atoms with E-state index in [1.54, 1.807) is 39.0 Å². The monoisotopic (exact) mass is 310 g/mol. The molecule has 1 unspecified atom stereocenters. The van der Waals surface area contributed by atoms with Gasteiger partial charge in [-0.3, -0.25) is 10.1 Å². The molecule has 0 aromatic heterocycles. The van der Waals surface area contributed by atoms with Crippen LogP contribution >= 0.6 is 0 Å². The highest BCUT2D eigenvalue weighted by Gasteiger charge is 2.18. The summed E-state index contributed by atoms with van der Waals surface area (Å²) in [5.41, 5.74) is 0.312. The summed E-state index contributed by atoms with van der Waals surface area (Å²) in [7, 11) is 1.47. The first-order valence-corrected chi connectivity index (χ1v) is 6.80. The summed E-state index contributed by atoms with van der Waals surface area (Å²) in [6, 6.07) is 4.12. The lowest BCUT2D eigenvalue weighted by Gasteiger charge is -2.20. The fraction of sp³-hybridized carbons (Fsp3) is 0.467. The number of carbonyl (C=O) groups excluding carboxylic acids is 1. The molecular formula is C15H22N2O5. The zero-order valence-electron chi connectivity index (χ0n) is 13.4. The van der Waals surface area contributed by atoms with Crippen LogP contribution in [-0.4, -0.2) is 35.9 Å². The third-order valence-electron chi connectivity index (χ3n) is 2.59. The number of ether oxygens (including phenoxy) is 2. The van der Waals surface area contributed by atoms with Crippen molar-refractivity contribution in [1.29, 1.82) is 0 Å². The molecular weight excluding hydrogens is 288 g/mol. The van der Waals surface area contributed by atoms with Gasteiger partial charge in [-0.1, -0.05) is 0 Å². The van der Waals surface area contributed by atoms with Crippen LogP contribution in [-0.2, 0) is 9.53 Å². The first kappa shape index (κ1) is 17.6. The van der Waals surface area contributed by atoms with Gasteiger partial charge in [0.1, 0.15) is 17.4 Å². The maximum Gasteiger partial charge on any atom is 0.412 e. The van der Waals surface area contributed by atoms with E-state index in [0.29, 0.717) is 17.1 Å². The van der Waals surface area contributed by atoms with Crippen molar-refractivity contribution in [2.24, 2.45) is 0 Å². The highest BCUT2D eigenvalue weighted by Crippen LogP contribution is 2.28. The number of carboxylic acids is 1. The highest BCUT2D eigenvalue weighted by atomic mass is 16.6. The van der Waals surface area contributed by atoms with Crippen molar-refractivity contribution >= 4 is 23.4 Å². The van der Waals surface area contributed by atoms with Crippen molar-refractivity contribution in [2.45, 2.75) is 39.3 Å². The van der Waals surface area contributed by atoms with Gasteiger partial charge in [0.25, 0.3) is 0 Å². The topological polar surface area (TPSA) is 96.9 Å². The number of amides is 1. The smallest absolute Gasteiger partial charge is 0.412 e. The fourth-order valence-corrected chi connectivity index (χ4v) is 1.62. The van der Waals surface area contributed by atoms with E-state index in [0.717, 1.165) is 0 Å². The second-order valence-electron chi connectivity index (χ2n) is 5.75. The van der Waals surface area contributed by atoms with E-state index in [1.165, 1.54) is 14.0 Å². The number of carbonyl (C=O) groups is 2. The zero-order chi connectivity index (χ0) is 16.9. The zero-order valence-corrected chi connectivity index (χ0v) is 13.4. The van der Waals surface area contributed by atoms with Gasteiger partial charge in [-0.15, -0.1) is 0 Å². The Hall–Kier alpha value is -2.44. The van der Waals surface area contributed by atoms with Crippen LogP contribution in [0.4, 0.5) is 16.2 Å². The molecule has 22 heavy (non-hydrogen) atoms. The van der Waals surface area contributed by atoms with Gasteiger partial charge in [-0.25, -0.2) is 4.79 Å². The molecule has 7 heteroatoms. The summed E-state index contributed by atoms with van der Waals surface area (Å²) in [6.07, 6.45) is -0.616. The lowest BCUT2D eigenvalue weighted by molar-refractivity contribution is -0.137. The molecule has 0 heterocycles. The van der Waals surface area contributed by atoms with Gasteiger partial charge in [-0.05, 0) is 45.9 Å². The molecule has 0 bridgehead atoms. The molecule has 1 rings (SSSR count). The number of hydrogen-bond donors (Lipinski definition) is 3. The molecule has 0 saturated heterocycles. The van der Waals surface area contributed by atoms with Gasteiger partial charge >= 0.3 is 12.1 Å². The van der Waals surface area contributed by atoms with Crippen molar-refractivity contribution < 1.29 is 24.2 Å². The number of hydrogen-bond acceptors (Lipinski definition) is 5. The Kier molecular flexibility index (Phi) is 5.62. The Balaban J connectivity index is 2.92. The molecule has 1 amide bonds. The molecule has 1 aromatic rings. The molecule has 7 nitrogen and oxygen atoms in total. The molecule has 0 radical (unpaired) electrons. The fourth-order valence-electron chi connectivity index (χ4n) is 1.62. The van der Waals surface area contributed by atoms with E-state index in [4.69, 9.17) is 14.6 Å². The number of aliphatic carboxylic acids is 1. The second-order valence-corrected chi connectivity index (χ2v) is 5.75. The SMILES string of the molecule is COc1ccc(NC(C)C(=O)O)cc1NC(=O)OC(C)(C)C. The molecule has 3 N–H and O–H groups in total. The number of nitrogens with one attached hydrogen (secondary N) is 2. The molecule has 1 aromatic carbocycles. The van der Waals surface area contributed by atoms with Crippen LogP contribution in [0.3, 0.4) is 0 Å². The van der Waals surface area contributed by atoms with Crippen molar-refractivity contribution in [3.8, 4) is 5.75 Å². The Bertz CT molecular complexity index is 551. The normalized spacial score (nSPS) is 12.2. The van der Waals surface area contributed by atoms with Crippen LogP contribution in [0.5, 0.6) is 5.75 Å². The van der Waals surface area contributed by atoms with E-state index in [1.807, 2.05) is 0 Å². The molecule has 0 aliphatic heterocycles. The Morgan fingerprint density at radius 1 is 1.27 bits per heavy atom. The minimum atomic E-state index is -0.975. The second kappa shape index (κ2) is 7.02. The summed E-state index contributed by atoms with van der Waals surface area (Å²) in [4.78, 5) is 22.7. The Morgan fingerprint density at radius 3 is 2.41 bits per heavy atom. The van der Waals surface area contributed by atoms with Crippen molar-refractivity contribution in [3.63, 3.8) is 0 Å². The largest absolute Gasteiger partial charge is 0.495 e. The van der Waals surface area contributed by atoms with E-state index in [9.17, 15) is 9.59 Å². The summed E-state index contributed by atoms with van der Waals surface area (Å²) in [5, 5.41) is 14.3. The van der Waals surface area contributed by atoms with E-state index in [-0.39, 0.29) is 0 Å². The molecule has 0 aliphatic carbocycles. The van der Waals surface area contributed by atoms with Crippen LogP contribution < -0.4 is 15.4 Å². The predicted molar refractivity (Wildman–Crippen MR) is 83.6 cm³/mol. The number of anilines is 2. The van der Waals surface area contributed by atoms with Crippen LogP contribution in [0.2, 0.25) is 0 Å². The summed E-state index contributed by atoms with van der Waals surface area (Å²) >= 11 is 0. The van der Waals surface area contributed by atoms with E-state index in [2.05, 4.69) is 10.6 Å². The Labute approximate surface area is 129 Å². The first-order valence-electron chi connectivity index (χ1n) is 6.80. The number of benzene rings is 1. The number of rotatable bonds is 5. The quantitative estimate of drug-likeness (QED) is 0.773. The molecule has 0 aliphatic rings. The average Bonchev–Trinajstić information content (AvgIpc) is 2.36. The standard InChI is InChI=1S/C15H22N2O5/c1-9(13(18)19)16-10-6-7-12(21-5)11(8-10)17-14(20)22-15(2,3)4/h6-9,16H,1-5H3,(H,17,20)(H,18,19). The Morgan fingerprint density at radius 2 is 1.91 bits per heavy atom. The summed E-state index contributed by atoms with van der Waals surface area (Å²) in [6.45, 7) is 6.80. The van der Waals surface area contributed by atoms with E-state index < -0.39 is 23.7 Å². The molecule has 1 atom stereocenters. The van der Waals surface area contributed by atoms with Crippen LogP contribution in [0.25, 0.3) is 0 Å². The molecule has 0 saturated carbocycles. The lowest BCUT2D eigenvalue weighted by Crippen LogP contribution is -2.27. The van der Waals surface area contributed by atoms with Gasteiger partial charge in [-0.2, -0.15) is 0 Å². The van der Waals surface area contributed by atoms with Gasteiger partial charge in [0.15, 0.2) is 0 Å². The van der Waals surface area contributed by atoms with Gasteiger partial charge in [0, 0.05) is 5.69 Å². The third-order valence-corrected chi connectivity index (χ3v) is 2.59. The van der Waals surface area contributed by atoms with Crippen LogP contribution in [0.15, 0.2) is 18.2 Å². The maximum absolute atomic E-state index is 11.8. The third kappa shape index (κ3) is 5.51. The number of methoxy groups -OCH3 is 1. The van der Waals surface area contributed by atoms with Crippen LogP contribution in [0, 0.1) is 0 Å². The minimum absolute atomic E-state index is 0.388. The first-order chi connectivity index (χ1) is 10.1. The summed E-state index contributed by atoms with van der Waals surface area (Å²) in [5.74, 6) is -0.531. The highest BCUT2D eigenvalue weighted by molar-refractivity contribution is 5.88. The van der Waals surface area contributed by atoms with Crippen molar-refractivity contribution in [3.05, 3.63) is 18.2 Å². The van der Waals surface area contributed by atoms with Crippen molar-refractivity contribution in [2.75, 3.05) is 17.7 Å². The number of carboxylic acid groups (broad SMARTS) is 1. The van der Waals surface area contributed by atoms with Gasteiger partial charge < -0.3 is 19.9 Å². The molecule has 0 spiro atoms. The van der Waals surface area contributed by atoms with E-state index >= 15 is 0 Å². The van der Waals surface area contributed by atoms with Crippen LogP contribution in [0.1, 0.15) is 27.7 Å². The maximum atomic E-state index is 11.8. The summed E-state index contributed by atoms with van der Waals surface area (Å²) < 4.78 is 10.3. The van der Waals surface area contributed by atoms with Gasteiger partial charge in [0.2, 0.25) is 0 Å².